The van der Waals surface area contributed by atoms with Crippen LogP contribution in [0.1, 0.15) is 50.5 Å². The monoisotopic (exact) mass is 319 g/mol. The molecule has 1 amide bonds. The van der Waals surface area contributed by atoms with Gasteiger partial charge < -0.3 is 15.2 Å². The average Bonchev–Trinajstić information content (AvgIpc) is 2.55. The van der Waals surface area contributed by atoms with Gasteiger partial charge in [0, 0.05) is 19.1 Å². The fourth-order valence-corrected chi connectivity index (χ4v) is 3.07. The highest BCUT2D eigenvalue weighted by molar-refractivity contribution is 5.76. The number of amides is 1. The lowest BCUT2D eigenvalue weighted by atomic mass is 9.86. The number of nitrogens with one attached hydrogen (secondary N) is 1. The molecule has 0 spiro atoms. The molecule has 1 aromatic rings. The third-order valence-electron chi connectivity index (χ3n) is 4.53. The number of carbonyl (C=O) groups excluding carboxylic acids is 1. The van der Waals surface area contributed by atoms with Gasteiger partial charge in [-0.2, -0.15) is 0 Å². The molecule has 1 fully saturated rings. The highest BCUT2D eigenvalue weighted by atomic mass is 16.5. The summed E-state index contributed by atoms with van der Waals surface area (Å²) < 4.78 is 5.69. The topological polar surface area (TPSA) is 58.6 Å². The molecule has 1 aliphatic rings. The molecule has 4 heteroatoms. The molecule has 0 heterocycles. The molecule has 0 atom stereocenters. The van der Waals surface area contributed by atoms with E-state index in [1.54, 1.807) is 0 Å². The zero-order chi connectivity index (χ0) is 16.5. The Balaban J connectivity index is 1.53. The maximum atomic E-state index is 11.9. The lowest BCUT2D eigenvalue weighted by Gasteiger charge is -2.27. The first-order valence-corrected chi connectivity index (χ1v) is 8.77. The van der Waals surface area contributed by atoms with Crippen LogP contribution in [0, 0.1) is 12.8 Å². The third kappa shape index (κ3) is 6.61. The van der Waals surface area contributed by atoms with Gasteiger partial charge in [-0.15, -0.1) is 0 Å². The van der Waals surface area contributed by atoms with Gasteiger partial charge in [0.1, 0.15) is 5.75 Å². The Morgan fingerprint density at radius 1 is 1.26 bits per heavy atom. The summed E-state index contributed by atoms with van der Waals surface area (Å²) in [7, 11) is 0. The van der Waals surface area contributed by atoms with E-state index in [1.165, 1.54) is 5.56 Å². The molecule has 0 aliphatic heterocycles. The highest BCUT2D eigenvalue weighted by Crippen LogP contribution is 2.23. The van der Waals surface area contributed by atoms with E-state index in [0.29, 0.717) is 25.0 Å². The maximum absolute atomic E-state index is 11.9. The van der Waals surface area contributed by atoms with Crippen molar-refractivity contribution in [3.05, 3.63) is 29.8 Å². The predicted molar refractivity (Wildman–Crippen MR) is 91.5 cm³/mol. The van der Waals surface area contributed by atoms with E-state index in [2.05, 4.69) is 5.32 Å². The van der Waals surface area contributed by atoms with Crippen LogP contribution < -0.4 is 10.1 Å². The molecule has 1 aliphatic carbocycles. The molecule has 0 aromatic heterocycles. The molecule has 2 rings (SSSR count). The van der Waals surface area contributed by atoms with Crippen molar-refractivity contribution >= 4 is 5.91 Å². The van der Waals surface area contributed by atoms with E-state index < -0.39 is 0 Å². The Morgan fingerprint density at radius 2 is 2.04 bits per heavy atom. The van der Waals surface area contributed by atoms with Crippen molar-refractivity contribution in [1.82, 2.24) is 5.32 Å². The van der Waals surface area contributed by atoms with Crippen LogP contribution in [-0.2, 0) is 4.79 Å². The van der Waals surface area contributed by atoms with Crippen molar-refractivity contribution < 1.29 is 14.6 Å². The van der Waals surface area contributed by atoms with E-state index in [-0.39, 0.29) is 12.5 Å². The number of benzene rings is 1. The summed E-state index contributed by atoms with van der Waals surface area (Å²) in [5, 5.41) is 12.2. The number of aliphatic hydroxyl groups excluding tert-OH is 1. The van der Waals surface area contributed by atoms with Crippen molar-refractivity contribution in [2.24, 2.45) is 5.92 Å². The van der Waals surface area contributed by atoms with Crippen molar-refractivity contribution in [3.63, 3.8) is 0 Å². The third-order valence-corrected chi connectivity index (χ3v) is 4.53. The van der Waals surface area contributed by atoms with Crippen LogP contribution in [-0.4, -0.2) is 30.3 Å². The SMILES string of the molecule is Cc1cccc(OCCCCC(=O)NC2CCC(CO)CC2)c1. The Bertz CT molecular complexity index is 481. The number of unbranched alkanes of at least 4 members (excludes halogenated alkanes) is 1. The summed E-state index contributed by atoms with van der Waals surface area (Å²) in [6.45, 7) is 2.98. The molecule has 4 nitrogen and oxygen atoms in total. The minimum Gasteiger partial charge on any atom is -0.494 e. The van der Waals surface area contributed by atoms with E-state index >= 15 is 0 Å². The second-order valence-corrected chi connectivity index (χ2v) is 6.59. The summed E-state index contributed by atoms with van der Waals surface area (Å²) >= 11 is 0. The van der Waals surface area contributed by atoms with Gasteiger partial charge in [0.15, 0.2) is 0 Å². The largest absolute Gasteiger partial charge is 0.494 e. The molecule has 0 saturated heterocycles. The molecule has 2 N–H and O–H groups in total. The fraction of sp³-hybridized carbons (Fsp3) is 0.632. The van der Waals surface area contributed by atoms with Crippen molar-refractivity contribution in [2.45, 2.75) is 57.9 Å². The number of hydrogen-bond acceptors (Lipinski definition) is 3. The summed E-state index contributed by atoms with van der Waals surface area (Å²) in [5.41, 5.74) is 1.19. The number of hydrogen-bond donors (Lipinski definition) is 2. The molecular formula is C19H29NO3. The number of aliphatic hydroxyl groups is 1. The fourth-order valence-electron chi connectivity index (χ4n) is 3.07. The van der Waals surface area contributed by atoms with Crippen LogP contribution in [0.5, 0.6) is 5.75 Å². The van der Waals surface area contributed by atoms with E-state index in [4.69, 9.17) is 9.84 Å². The molecule has 128 valence electrons. The average molecular weight is 319 g/mol. The second kappa shape index (κ2) is 9.56. The zero-order valence-electron chi connectivity index (χ0n) is 14.1. The first kappa shape index (κ1) is 17.8. The van der Waals surface area contributed by atoms with Gasteiger partial charge in [-0.1, -0.05) is 12.1 Å². The van der Waals surface area contributed by atoms with Gasteiger partial charge in [-0.25, -0.2) is 0 Å². The predicted octanol–water partition coefficient (Wildman–Crippen LogP) is 3.21. The number of carbonyl (C=O) groups is 1. The van der Waals surface area contributed by atoms with E-state index in [1.807, 2.05) is 31.2 Å². The van der Waals surface area contributed by atoms with Gasteiger partial charge >= 0.3 is 0 Å². The van der Waals surface area contributed by atoms with Crippen LogP contribution >= 0.6 is 0 Å². The number of aryl methyl sites for hydroxylation is 1. The molecule has 0 bridgehead atoms. The van der Waals surface area contributed by atoms with Crippen molar-refractivity contribution in [3.8, 4) is 5.75 Å². The Morgan fingerprint density at radius 3 is 2.74 bits per heavy atom. The summed E-state index contributed by atoms with van der Waals surface area (Å²) in [5.74, 6) is 1.48. The van der Waals surface area contributed by atoms with Crippen LogP contribution in [0.3, 0.4) is 0 Å². The van der Waals surface area contributed by atoms with Crippen molar-refractivity contribution in [1.29, 1.82) is 0 Å². The van der Waals surface area contributed by atoms with Crippen LogP contribution in [0.25, 0.3) is 0 Å². The van der Waals surface area contributed by atoms with Crippen LogP contribution in [0.4, 0.5) is 0 Å². The second-order valence-electron chi connectivity index (χ2n) is 6.59. The summed E-state index contributed by atoms with van der Waals surface area (Å²) in [6.07, 6.45) is 6.33. The minimum absolute atomic E-state index is 0.146. The first-order valence-electron chi connectivity index (χ1n) is 8.77. The van der Waals surface area contributed by atoms with Crippen LogP contribution in [0.2, 0.25) is 0 Å². The quantitative estimate of drug-likeness (QED) is 0.723. The highest BCUT2D eigenvalue weighted by Gasteiger charge is 2.21. The van der Waals surface area contributed by atoms with E-state index in [9.17, 15) is 4.79 Å². The van der Waals surface area contributed by atoms with Gasteiger partial charge in [0.05, 0.1) is 6.61 Å². The molecule has 0 radical (unpaired) electrons. The standard InChI is InChI=1S/C19H29NO3/c1-15-5-4-6-18(13-15)23-12-3-2-7-19(22)20-17-10-8-16(14-21)9-11-17/h4-6,13,16-17,21H,2-3,7-12,14H2,1H3,(H,20,22). The molecule has 0 unspecified atom stereocenters. The van der Waals surface area contributed by atoms with Crippen LogP contribution in [0.15, 0.2) is 24.3 Å². The normalized spacial score (nSPS) is 21.0. The van der Waals surface area contributed by atoms with Crippen molar-refractivity contribution in [2.75, 3.05) is 13.2 Å². The maximum Gasteiger partial charge on any atom is 0.220 e. The number of rotatable bonds is 8. The Labute approximate surface area is 139 Å². The minimum atomic E-state index is 0.146. The lowest BCUT2D eigenvalue weighted by Crippen LogP contribution is -2.37. The smallest absolute Gasteiger partial charge is 0.220 e. The number of ether oxygens (including phenoxy) is 1. The van der Waals surface area contributed by atoms with Gasteiger partial charge in [-0.05, 0) is 69.1 Å². The Kier molecular flexibility index (Phi) is 7.40. The van der Waals surface area contributed by atoms with E-state index in [0.717, 1.165) is 44.3 Å². The molecular weight excluding hydrogens is 290 g/mol. The van der Waals surface area contributed by atoms with Gasteiger partial charge in [0.2, 0.25) is 5.91 Å². The molecule has 1 saturated carbocycles. The van der Waals surface area contributed by atoms with Gasteiger partial charge in [-0.3, -0.25) is 4.79 Å². The summed E-state index contributed by atoms with van der Waals surface area (Å²) in [4.78, 5) is 11.9. The lowest BCUT2D eigenvalue weighted by molar-refractivity contribution is -0.122. The Hall–Kier alpha value is -1.55. The van der Waals surface area contributed by atoms with Gasteiger partial charge in [0.25, 0.3) is 0 Å². The first-order chi connectivity index (χ1) is 11.2. The molecule has 1 aromatic carbocycles. The summed E-state index contributed by atoms with van der Waals surface area (Å²) in [6, 6.07) is 8.32. The zero-order valence-corrected chi connectivity index (χ0v) is 14.1. The molecule has 23 heavy (non-hydrogen) atoms.